The molecule has 1 N–H and O–H groups in total. The van der Waals surface area contributed by atoms with Crippen LogP contribution in [-0.2, 0) is 4.79 Å². The molecule has 0 spiro atoms. The van der Waals surface area contributed by atoms with Gasteiger partial charge in [0, 0.05) is 31.2 Å². The Hall–Kier alpha value is -4.08. The van der Waals surface area contributed by atoms with Gasteiger partial charge in [0.2, 0.25) is 5.95 Å². The number of nitrogens with zero attached hydrogens (tertiary/aromatic N) is 7. The van der Waals surface area contributed by atoms with Crippen molar-refractivity contribution >= 4 is 23.5 Å². The lowest BCUT2D eigenvalue weighted by Gasteiger charge is -2.45. The highest BCUT2D eigenvalue weighted by molar-refractivity contribution is 5.82. The molecular weight excluding hydrogens is 411 g/mol. The molecule has 0 amide bonds. The lowest BCUT2D eigenvalue weighted by Crippen LogP contribution is -2.54. The van der Waals surface area contributed by atoms with Gasteiger partial charge in [-0.05, 0) is 30.7 Å². The first kappa shape index (κ1) is 19.9. The van der Waals surface area contributed by atoms with Crippen molar-refractivity contribution in [1.82, 2.24) is 29.7 Å². The highest BCUT2D eigenvalue weighted by Crippen LogP contribution is 2.41. The number of imidazole rings is 1. The second kappa shape index (κ2) is 7.88. The summed E-state index contributed by atoms with van der Waals surface area (Å²) in [6, 6.07) is 5.62. The average Bonchev–Trinajstić information content (AvgIpc) is 3.51. The third kappa shape index (κ3) is 3.11. The van der Waals surface area contributed by atoms with E-state index in [1.165, 1.54) is 12.1 Å². The minimum absolute atomic E-state index is 0.135. The lowest BCUT2D eigenvalue weighted by molar-refractivity contribution is -0.109. The third-order valence-corrected chi connectivity index (χ3v) is 5.80. The summed E-state index contributed by atoms with van der Waals surface area (Å²) in [7, 11) is 1.87. The standard InChI is InChI=1S/C22H21FN8O/c1-3-17-19(13-32)29(2)18-12-25-22(28-21(18)31(17)16-10-26-27-11-16)30-9-8-24-20(30)14-4-6-15(23)7-5-14/h4-13,17,19H,3H2,1-2H3,(H,26,27)/t17-,19?/m1/s1. The van der Waals surface area contributed by atoms with Crippen LogP contribution in [0.5, 0.6) is 0 Å². The van der Waals surface area contributed by atoms with Crippen LogP contribution in [-0.4, -0.2) is 55.1 Å². The van der Waals surface area contributed by atoms with Gasteiger partial charge in [0.1, 0.15) is 24.0 Å². The van der Waals surface area contributed by atoms with Crippen molar-refractivity contribution in [1.29, 1.82) is 0 Å². The van der Waals surface area contributed by atoms with Crippen LogP contribution in [0.25, 0.3) is 17.3 Å². The van der Waals surface area contributed by atoms with Crippen molar-refractivity contribution in [2.75, 3.05) is 16.8 Å². The minimum atomic E-state index is -0.361. The summed E-state index contributed by atoms with van der Waals surface area (Å²) >= 11 is 0. The second-order valence-electron chi connectivity index (χ2n) is 7.55. The molecule has 2 atom stereocenters. The zero-order chi connectivity index (χ0) is 22.2. The predicted octanol–water partition coefficient (Wildman–Crippen LogP) is 3.13. The van der Waals surface area contributed by atoms with Crippen molar-refractivity contribution in [2.45, 2.75) is 25.4 Å². The monoisotopic (exact) mass is 432 g/mol. The fourth-order valence-corrected chi connectivity index (χ4v) is 4.20. The summed E-state index contributed by atoms with van der Waals surface area (Å²) in [4.78, 5) is 29.8. The van der Waals surface area contributed by atoms with E-state index >= 15 is 0 Å². The quantitative estimate of drug-likeness (QED) is 0.484. The van der Waals surface area contributed by atoms with Gasteiger partial charge >= 0.3 is 0 Å². The Balaban J connectivity index is 1.66. The van der Waals surface area contributed by atoms with E-state index in [-0.39, 0.29) is 17.9 Å². The number of halogens is 1. The van der Waals surface area contributed by atoms with Gasteiger partial charge in [-0.1, -0.05) is 6.92 Å². The van der Waals surface area contributed by atoms with E-state index in [1.807, 2.05) is 23.8 Å². The predicted molar refractivity (Wildman–Crippen MR) is 118 cm³/mol. The van der Waals surface area contributed by atoms with Crippen molar-refractivity contribution < 1.29 is 9.18 Å². The van der Waals surface area contributed by atoms with Crippen LogP contribution >= 0.6 is 0 Å². The van der Waals surface area contributed by atoms with Gasteiger partial charge in [0.05, 0.1) is 29.8 Å². The third-order valence-electron chi connectivity index (χ3n) is 5.80. The molecule has 1 aromatic carbocycles. The van der Waals surface area contributed by atoms with Crippen LogP contribution in [0.1, 0.15) is 13.3 Å². The van der Waals surface area contributed by atoms with Gasteiger partial charge in [-0.2, -0.15) is 10.1 Å². The fourth-order valence-electron chi connectivity index (χ4n) is 4.20. The van der Waals surface area contributed by atoms with E-state index < -0.39 is 0 Å². The van der Waals surface area contributed by atoms with E-state index in [0.717, 1.165) is 29.6 Å². The van der Waals surface area contributed by atoms with Gasteiger partial charge < -0.3 is 14.6 Å². The number of benzene rings is 1. The SMILES string of the molecule is CC[C@@H]1C(C=O)N(C)c2cnc(-n3ccnc3-c3ccc(F)cc3)nc2N1c1cn[nH]c1. The van der Waals surface area contributed by atoms with Crippen LogP contribution in [0.2, 0.25) is 0 Å². The minimum Gasteiger partial charge on any atom is -0.359 e. The Labute approximate surface area is 183 Å². The molecule has 5 rings (SSSR count). The van der Waals surface area contributed by atoms with Crippen LogP contribution in [0.15, 0.2) is 55.2 Å². The molecule has 1 unspecified atom stereocenters. The molecule has 9 nitrogen and oxygen atoms in total. The number of nitrogens with one attached hydrogen (secondary N) is 1. The summed E-state index contributed by atoms with van der Waals surface area (Å²) in [5.74, 6) is 1.37. The first-order chi connectivity index (χ1) is 15.6. The van der Waals surface area contributed by atoms with E-state index in [2.05, 4.69) is 20.2 Å². The number of fused-ring (bicyclic) bond motifs is 1. The molecule has 1 aliphatic heterocycles. The summed E-state index contributed by atoms with van der Waals surface area (Å²) in [5.41, 5.74) is 2.29. The maximum atomic E-state index is 13.4. The molecule has 0 aliphatic carbocycles. The zero-order valence-corrected chi connectivity index (χ0v) is 17.6. The maximum Gasteiger partial charge on any atom is 0.237 e. The molecule has 3 aromatic heterocycles. The average molecular weight is 432 g/mol. The summed E-state index contributed by atoms with van der Waals surface area (Å²) in [6.07, 6.45) is 10.3. The highest BCUT2D eigenvalue weighted by atomic mass is 19.1. The van der Waals surface area contributed by atoms with Gasteiger partial charge in [0.25, 0.3) is 0 Å². The van der Waals surface area contributed by atoms with Gasteiger partial charge in [-0.25, -0.2) is 14.4 Å². The number of likely N-dealkylation sites (N-methyl/N-ethyl adjacent to an activating group) is 1. The highest BCUT2D eigenvalue weighted by Gasteiger charge is 2.39. The van der Waals surface area contributed by atoms with E-state index in [0.29, 0.717) is 17.6 Å². The van der Waals surface area contributed by atoms with Crippen LogP contribution < -0.4 is 9.80 Å². The molecule has 10 heteroatoms. The molecule has 0 saturated heterocycles. The number of carbonyl (C=O) groups excluding carboxylic acids is 1. The van der Waals surface area contributed by atoms with E-state index in [1.54, 1.807) is 47.7 Å². The van der Waals surface area contributed by atoms with Gasteiger partial charge in [0.15, 0.2) is 5.82 Å². The number of carbonyl (C=O) groups is 1. The molecule has 1 aliphatic rings. The molecule has 4 heterocycles. The first-order valence-corrected chi connectivity index (χ1v) is 10.2. The van der Waals surface area contributed by atoms with Crippen molar-refractivity contribution in [3.05, 3.63) is 61.1 Å². The number of H-pyrrole nitrogens is 1. The van der Waals surface area contributed by atoms with Crippen molar-refractivity contribution in [3.8, 4) is 17.3 Å². The number of aromatic amines is 1. The Bertz CT molecular complexity index is 1240. The van der Waals surface area contributed by atoms with Gasteiger partial charge in [-0.15, -0.1) is 0 Å². The zero-order valence-electron chi connectivity index (χ0n) is 17.6. The van der Waals surface area contributed by atoms with Crippen LogP contribution in [0.4, 0.5) is 21.6 Å². The topological polar surface area (TPSA) is 95.8 Å². The smallest absolute Gasteiger partial charge is 0.237 e. The van der Waals surface area contributed by atoms with Crippen LogP contribution in [0, 0.1) is 5.82 Å². The lowest BCUT2D eigenvalue weighted by atomic mass is 9.99. The Morgan fingerprint density at radius 2 is 2.00 bits per heavy atom. The molecule has 0 bridgehead atoms. The number of hydrogen-bond donors (Lipinski definition) is 1. The van der Waals surface area contributed by atoms with Crippen LogP contribution in [0.3, 0.4) is 0 Å². The molecule has 0 radical (unpaired) electrons. The fraction of sp³-hybridized carbons (Fsp3) is 0.227. The van der Waals surface area contributed by atoms with E-state index in [4.69, 9.17) is 4.98 Å². The summed E-state index contributed by atoms with van der Waals surface area (Å²) in [5, 5.41) is 6.93. The number of rotatable bonds is 5. The molecule has 0 saturated carbocycles. The number of anilines is 3. The molecule has 162 valence electrons. The largest absolute Gasteiger partial charge is 0.359 e. The Morgan fingerprint density at radius 1 is 1.19 bits per heavy atom. The van der Waals surface area contributed by atoms with E-state index in [9.17, 15) is 9.18 Å². The Kier molecular flexibility index (Phi) is 4.89. The molecule has 0 fully saturated rings. The molecular formula is C22H21FN8O. The molecule has 4 aromatic rings. The number of aldehydes is 1. The number of hydrogen-bond acceptors (Lipinski definition) is 7. The summed E-state index contributed by atoms with van der Waals surface area (Å²) in [6.45, 7) is 2.04. The number of aromatic nitrogens is 6. The normalized spacial score (nSPS) is 18.0. The Morgan fingerprint density at radius 3 is 2.69 bits per heavy atom. The second-order valence-corrected chi connectivity index (χ2v) is 7.55. The van der Waals surface area contributed by atoms with Crippen molar-refractivity contribution in [2.24, 2.45) is 0 Å². The summed E-state index contributed by atoms with van der Waals surface area (Å²) < 4.78 is 15.1. The first-order valence-electron chi connectivity index (χ1n) is 10.2. The van der Waals surface area contributed by atoms with Crippen molar-refractivity contribution in [3.63, 3.8) is 0 Å². The maximum absolute atomic E-state index is 13.4. The van der Waals surface area contributed by atoms with Gasteiger partial charge in [-0.3, -0.25) is 9.67 Å². The molecule has 32 heavy (non-hydrogen) atoms.